The Balaban J connectivity index is 1.37. The van der Waals surface area contributed by atoms with E-state index in [4.69, 9.17) is 15.0 Å². The first-order valence-electron chi connectivity index (χ1n) is 20.6. The van der Waals surface area contributed by atoms with Crippen LogP contribution in [0.2, 0.25) is 0 Å². The summed E-state index contributed by atoms with van der Waals surface area (Å²) >= 11 is 0. The van der Waals surface area contributed by atoms with Crippen LogP contribution < -0.4 is 0 Å². The van der Waals surface area contributed by atoms with Crippen molar-refractivity contribution < 1.29 is 0 Å². The monoisotopic (exact) mass is 757 g/mol. The Morgan fingerprint density at radius 1 is 0.492 bits per heavy atom. The topological polar surface area (TPSA) is 38.7 Å². The third-order valence-corrected chi connectivity index (χ3v) is 11.9. The van der Waals surface area contributed by atoms with Gasteiger partial charge >= 0.3 is 0 Å². The molecule has 0 unspecified atom stereocenters. The van der Waals surface area contributed by atoms with Crippen molar-refractivity contribution in [2.24, 2.45) is 0 Å². The van der Waals surface area contributed by atoms with E-state index in [1.165, 1.54) is 44.5 Å². The van der Waals surface area contributed by atoms with E-state index in [2.05, 4.69) is 177 Å². The Kier molecular flexibility index (Phi) is 9.56. The third kappa shape index (κ3) is 6.36. The van der Waals surface area contributed by atoms with Crippen LogP contribution in [0.1, 0.15) is 69.6 Å². The number of aryl methyl sites for hydroxylation is 1. The average Bonchev–Trinajstić information content (AvgIpc) is 3.39. The van der Waals surface area contributed by atoms with Gasteiger partial charge in [0.15, 0.2) is 17.5 Å². The highest BCUT2D eigenvalue weighted by Crippen LogP contribution is 2.58. The molecule has 2 aliphatic carbocycles. The summed E-state index contributed by atoms with van der Waals surface area (Å²) in [6.45, 7) is 2.22. The number of rotatable bonds is 8. The predicted octanol–water partition coefficient (Wildman–Crippen LogP) is 13.4. The normalized spacial score (nSPS) is 14.6. The number of nitrogens with zero attached hydrogens (tertiary/aromatic N) is 3. The lowest BCUT2D eigenvalue weighted by Gasteiger charge is -2.35. The van der Waals surface area contributed by atoms with Crippen molar-refractivity contribution in [2.75, 3.05) is 0 Å². The molecule has 3 heteroatoms. The van der Waals surface area contributed by atoms with Crippen LogP contribution in [0.15, 0.2) is 212 Å². The zero-order valence-corrected chi connectivity index (χ0v) is 33.1. The molecule has 0 saturated heterocycles. The van der Waals surface area contributed by atoms with Crippen molar-refractivity contribution in [1.82, 2.24) is 15.0 Å². The molecule has 282 valence electrons. The van der Waals surface area contributed by atoms with Crippen LogP contribution in [0.5, 0.6) is 0 Å². The van der Waals surface area contributed by atoms with Crippen LogP contribution in [0.25, 0.3) is 39.5 Å². The van der Waals surface area contributed by atoms with Gasteiger partial charge in [0.25, 0.3) is 0 Å². The first kappa shape index (κ1) is 36.1. The van der Waals surface area contributed by atoms with E-state index in [1.807, 2.05) is 36.4 Å². The number of fused-ring (bicyclic) bond motifs is 2. The molecule has 2 aliphatic rings. The van der Waals surface area contributed by atoms with Gasteiger partial charge in [-0.2, -0.15) is 0 Å². The maximum atomic E-state index is 5.42. The molecule has 0 atom stereocenters. The number of hydrogen-bond donors (Lipinski definition) is 0. The molecule has 3 nitrogen and oxygen atoms in total. The maximum Gasteiger partial charge on any atom is 0.165 e. The number of benzene rings is 7. The maximum absolute atomic E-state index is 5.42. The molecule has 0 N–H and O–H groups in total. The van der Waals surface area contributed by atoms with Gasteiger partial charge in [0, 0.05) is 22.3 Å². The molecule has 0 aliphatic heterocycles. The van der Waals surface area contributed by atoms with Crippen molar-refractivity contribution in [2.45, 2.75) is 31.6 Å². The molecule has 0 saturated carbocycles. The van der Waals surface area contributed by atoms with Gasteiger partial charge < -0.3 is 0 Å². The van der Waals surface area contributed by atoms with Crippen LogP contribution in [-0.4, -0.2) is 15.0 Å². The minimum absolute atomic E-state index is 0.512. The fourth-order valence-electron chi connectivity index (χ4n) is 9.33. The standard InChI is InChI=1S/C56H43N3/c1-39-23-20-21-34-45(39)52(50(40-24-8-2-9-25-40)55-58-53(41-26-10-3-11-27-41)57-54(59-55)42-28-12-4-13-29-42)47-36-22-38-49-51(47)46-35-18-7-19-37-48(46)56(49,43-30-14-5-15-31-43)44-32-16-6-17-33-44/h2-6,8-17,19-34,36-38H,7,18,35H2,1H3/b52-50-. The molecule has 59 heavy (non-hydrogen) atoms. The summed E-state index contributed by atoms with van der Waals surface area (Å²) in [5, 5.41) is 0. The highest BCUT2D eigenvalue weighted by molar-refractivity contribution is 6.07. The first-order chi connectivity index (χ1) is 29.2. The van der Waals surface area contributed by atoms with Crippen LogP contribution in [0, 0.1) is 6.92 Å². The van der Waals surface area contributed by atoms with Gasteiger partial charge in [0.2, 0.25) is 0 Å². The molecule has 0 fully saturated rings. The lowest BCUT2D eigenvalue weighted by molar-refractivity contribution is 0.760. The lowest BCUT2D eigenvalue weighted by atomic mass is 9.66. The minimum atomic E-state index is -0.512. The second kappa shape index (κ2) is 15.6. The Morgan fingerprint density at radius 3 is 1.61 bits per heavy atom. The van der Waals surface area contributed by atoms with E-state index in [0.29, 0.717) is 17.5 Å². The Bertz CT molecular complexity index is 2780. The summed E-state index contributed by atoms with van der Waals surface area (Å²) in [5.41, 5.74) is 15.9. The van der Waals surface area contributed by atoms with Crippen molar-refractivity contribution in [1.29, 1.82) is 0 Å². The van der Waals surface area contributed by atoms with Gasteiger partial charge in [0.1, 0.15) is 0 Å². The number of aromatic nitrogens is 3. The number of allylic oxidation sites excluding steroid dienone is 4. The summed E-state index contributed by atoms with van der Waals surface area (Å²) in [4.78, 5) is 16.0. The summed E-state index contributed by atoms with van der Waals surface area (Å²) in [5.74, 6) is 1.90. The van der Waals surface area contributed by atoms with Crippen LogP contribution in [0.3, 0.4) is 0 Å². The first-order valence-corrected chi connectivity index (χ1v) is 20.6. The fraction of sp³-hybridized carbons (Fsp3) is 0.0893. The minimum Gasteiger partial charge on any atom is -0.208 e. The predicted molar refractivity (Wildman–Crippen MR) is 242 cm³/mol. The van der Waals surface area contributed by atoms with E-state index in [1.54, 1.807) is 0 Å². The molecule has 0 radical (unpaired) electrons. The molecular weight excluding hydrogens is 715 g/mol. The van der Waals surface area contributed by atoms with Crippen molar-refractivity contribution in [3.63, 3.8) is 0 Å². The van der Waals surface area contributed by atoms with Crippen LogP contribution in [-0.2, 0) is 5.41 Å². The quantitative estimate of drug-likeness (QED) is 0.145. The Hall–Kier alpha value is -7.23. The van der Waals surface area contributed by atoms with E-state index < -0.39 is 5.41 Å². The van der Waals surface area contributed by atoms with Crippen molar-refractivity contribution >= 4 is 16.7 Å². The molecule has 0 amide bonds. The van der Waals surface area contributed by atoms with Gasteiger partial charge in [0.05, 0.1) is 5.41 Å². The smallest absolute Gasteiger partial charge is 0.165 e. The van der Waals surface area contributed by atoms with Gasteiger partial charge in [-0.15, -0.1) is 0 Å². The molecule has 1 aromatic heterocycles. The van der Waals surface area contributed by atoms with Crippen LogP contribution in [0.4, 0.5) is 0 Å². The summed E-state index contributed by atoms with van der Waals surface area (Å²) in [6, 6.07) is 69.2. The van der Waals surface area contributed by atoms with Gasteiger partial charge in [-0.3, -0.25) is 0 Å². The SMILES string of the molecule is Cc1ccccc1/C(=C(\c1ccccc1)c1nc(-c2ccccc2)nc(-c2ccccc2)n1)c1cccc2c1C1=C(C=CCCC1)C2(c1ccccc1)c1ccccc1. The molecule has 1 heterocycles. The van der Waals surface area contributed by atoms with Crippen LogP contribution >= 0.6 is 0 Å². The van der Waals surface area contributed by atoms with E-state index in [-0.39, 0.29) is 0 Å². The van der Waals surface area contributed by atoms with E-state index >= 15 is 0 Å². The third-order valence-electron chi connectivity index (χ3n) is 11.9. The molecule has 0 spiro atoms. The highest BCUT2D eigenvalue weighted by Gasteiger charge is 2.48. The van der Waals surface area contributed by atoms with Gasteiger partial charge in [-0.1, -0.05) is 206 Å². The average molecular weight is 758 g/mol. The largest absolute Gasteiger partial charge is 0.208 e. The molecule has 8 aromatic rings. The summed E-state index contributed by atoms with van der Waals surface area (Å²) in [7, 11) is 0. The van der Waals surface area contributed by atoms with Crippen molar-refractivity contribution in [3.05, 3.63) is 262 Å². The van der Waals surface area contributed by atoms with Gasteiger partial charge in [-0.05, 0) is 81.8 Å². The second-order valence-corrected chi connectivity index (χ2v) is 15.4. The molecule has 10 rings (SSSR count). The van der Waals surface area contributed by atoms with Gasteiger partial charge in [-0.25, -0.2) is 15.0 Å². The summed E-state index contributed by atoms with van der Waals surface area (Å²) in [6.07, 6.45) is 7.91. The molecule has 7 aromatic carbocycles. The second-order valence-electron chi connectivity index (χ2n) is 15.4. The summed E-state index contributed by atoms with van der Waals surface area (Å²) < 4.78 is 0. The zero-order chi connectivity index (χ0) is 39.6. The Morgan fingerprint density at radius 2 is 1.02 bits per heavy atom. The highest BCUT2D eigenvalue weighted by atomic mass is 15.0. The molecule has 0 bridgehead atoms. The van der Waals surface area contributed by atoms with E-state index in [0.717, 1.165) is 52.7 Å². The molecular formula is C56H43N3. The van der Waals surface area contributed by atoms with Crippen molar-refractivity contribution in [3.8, 4) is 22.8 Å². The fourth-order valence-corrected chi connectivity index (χ4v) is 9.33. The Labute approximate surface area is 346 Å². The number of hydrogen-bond acceptors (Lipinski definition) is 3. The lowest BCUT2D eigenvalue weighted by Crippen LogP contribution is -2.29. The zero-order valence-electron chi connectivity index (χ0n) is 33.1. The van der Waals surface area contributed by atoms with E-state index in [9.17, 15) is 0 Å².